The lowest BCUT2D eigenvalue weighted by molar-refractivity contribution is 0.0725. The number of aromatic nitrogens is 2. The Morgan fingerprint density at radius 2 is 1.80 bits per heavy atom. The summed E-state index contributed by atoms with van der Waals surface area (Å²) in [5, 5.41) is 7.59. The zero-order valence-corrected chi connectivity index (χ0v) is 15.0. The maximum Gasteiger partial charge on any atom is 0.275 e. The molecule has 4 rings (SSSR count). The van der Waals surface area contributed by atoms with Gasteiger partial charge in [-0.05, 0) is 36.6 Å². The molecule has 126 valence electrons. The van der Waals surface area contributed by atoms with Crippen LogP contribution in [-0.2, 0) is 6.54 Å². The monoisotopic (exact) mass is 397 g/mol. The first-order valence-electron chi connectivity index (χ1n) is 8.16. The van der Waals surface area contributed by atoms with E-state index < -0.39 is 0 Å². The fourth-order valence-corrected chi connectivity index (χ4v) is 3.22. The van der Waals surface area contributed by atoms with E-state index in [1.807, 2.05) is 35.2 Å². The molecule has 6 heteroatoms. The van der Waals surface area contributed by atoms with Crippen molar-refractivity contribution in [2.24, 2.45) is 0 Å². The van der Waals surface area contributed by atoms with Crippen molar-refractivity contribution in [2.75, 3.05) is 0 Å². The van der Waals surface area contributed by atoms with Crippen molar-refractivity contribution < 1.29 is 4.79 Å². The van der Waals surface area contributed by atoms with Crippen LogP contribution in [0.3, 0.4) is 0 Å². The SMILES string of the molecule is O=C(c1n[nH]c(=O)c2ccccc12)N(Cc1ccc(Br)cc1)C1CC1. The molecule has 0 atom stereocenters. The van der Waals surface area contributed by atoms with E-state index >= 15 is 0 Å². The van der Waals surface area contributed by atoms with Crippen molar-refractivity contribution in [2.45, 2.75) is 25.4 Å². The molecular formula is C19H16BrN3O2. The Balaban J connectivity index is 1.71. The lowest BCUT2D eigenvalue weighted by Crippen LogP contribution is -2.34. The third kappa shape index (κ3) is 3.22. The molecule has 1 amide bonds. The minimum atomic E-state index is -0.280. The van der Waals surface area contributed by atoms with Gasteiger partial charge in [-0.3, -0.25) is 9.59 Å². The summed E-state index contributed by atoms with van der Waals surface area (Å²) in [6.45, 7) is 0.534. The van der Waals surface area contributed by atoms with Gasteiger partial charge in [-0.15, -0.1) is 0 Å². The number of H-pyrrole nitrogens is 1. The van der Waals surface area contributed by atoms with Crippen molar-refractivity contribution in [1.82, 2.24) is 15.1 Å². The first kappa shape index (κ1) is 16.0. The highest BCUT2D eigenvalue weighted by Gasteiger charge is 2.34. The molecule has 1 aliphatic carbocycles. The second kappa shape index (κ2) is 6.44. The van der Waals surface area contributed by atoms with Crippen LogP contribution in [0, 0.1) is 0 Å². The summed E-state index contributed by atoms with van der Waals surface area (Å²) in [6, 6.07) is 15.3. The average Bonchev–Trinajstić information content (AvgIpc) is 3.46. The van der Waals surface area contributed by atoms with Crippen LogP contribution >= 0.6 is 15.9 Å². The molecule has 1 heterocycles. The topological polar surface area (TPSA) is 66.1 Å². The van der Waals surface area contributed by atoms with Crippen LogP contribution in [0.25, 0.3) is 10.8 Å². The molecular weight excluding hydrogens is 382 g/mol. The van der Waals surface area contributed by atoms with Gasteiger partial charge in [-0.2, -0.15) is 5.10 Å². The molecule has 3 aromatic rings. The van der Waals surface area contributed by atoms with Gasteiger partial charge in [0.25, 0.3) is 11.5 Å². The van der Waals surface area contributed by atoms with Gasteiger partial charge in [0.2, 0.25) is 0 Å². The molecule has 1 saturated carbocycles. The fourth-order valence-electron chi connectivity index (χ4n) is 2.95. The second-order valence-corrected chi connectivity index (χ2v) is 7.15. The van der Waals surface area contributed by atoms with Crippen LogP contribution in [0.2, 0.25) is 0 Å². The van der Waals surface area contributed by atoms with Gasteiger partial charge in [0.1, 0.15) is 0 Å². The number of nitrogens with zero attached hydrogens (tertiary/aromatic N) is 2. The van der Waals surface area contributed by atoms with Gasteiger partial charge in [0, 0.05) is 22.4 Å². The largest absolute Gasteiger partial charge is 0.330 e. The van der Waals surface area contributed by atoms with E-state index in [-0.39, 0.29) is 17.5 Å². The highest BCUT2D eigenvalue weighted by Crippen LogP contribution is 2.30. The summed E-state index contributed by atoms with van der Waals surface area (Å²) in [4.78, 5) is 27.0. The van der Waals surface area contributed by atoms with Gasteiger partial charge in [0.15, 0.2) is 5.69 Å². The number of halogens is 1. The standard InChI is InChI=1S/C19H16BrN3O2/c20-13-7-5-12(6-8-13)11-23(14-9-10-14)19(25)17-15-3-1-2-4-16(15)18(24)22-21-17/h1-8,14H,9-11H2,(H,22,24). The van der Waals surface area contributed by atoms with Crippen molar-refractivity contribution >= 4 is 32.6 Å². The molecule has 1 fully saturated rings. The summed E-state index contributed by atoms with van der Waals surface area (Å²) >= 11 is 3.43. The van der Waals surface area contributed by atoms with E-state index in [9.17, 15) is 9.59 Å². The Bertz CT molecular complexity index is 993. The van der Waals surface area contributed by atoms with Crippen LogP contribution in [0.15, 0.2) is 57.8 Å². The zero-order chi connectivity index (χ0) is 17.4. The van der Waals surface area contributed by atoms with Crippen LogP contribution in [0.1, 0.15) is 28.9 Å². The van der Waals surface area contributed by atoms with E-state index in [4.69, 9.17) is 0 Å². The quantitative estimate of drug-likeness (QED) is 0.732. The minimum absolute atomic E-state index is 0.141. The molecule has 0 spiro atoms. The van der Waals surface area contributed by atoms with Gasteiger partial charge in [-0.1, -0.05) is 46.3 Å². The number of rotatable bonds is 4. The number of carbonyl (C=O) groups is 1. The molecule has 5 nitrogen and oxygen atoms in total. The lowest BCUT2D eigenvalue weighted by Gasteiger charge is -2.22. The van der Waals surface area contributed by atoms with Gasteiger partial charge < -0.3 is 4.90 Å². The maximum absolute atomic E-state index is 13.2. The van der Waals surface area contributed by atoms with Crippen LogP contribution < -0.4 is 5.56 Å². The molecule has 2 aromatic carbocycles. The zero-order valence-electron chi connectivity index (χ0n) is 13.4. The first-order chi connectivity index (χ1) is 12.1. The molecule has 1 N–H and O–H groups in total. The van der Waals surface area contributed by atoms with Gasteiger partial charge in [-0.25, -0.2) is 5.10 Å². The van der Waals surface area contributed by atoms with Crippen molar-refractivity contribution in [3.63, 3.8) is 0 Å². The van der Waals surface area contributed by atoms with E-state index in [2.05, 4.69) is 26.1 Å². The number of benzene rings is 2. The molecule has 25 heavy (non-hydrogen) atoms. The Kier molecular flexibility index (Phi) is 4.13. The predicted molar refractivity (Wildman–Crippen MR) is 99.4 cm³/mol. The molecule has 0 radical (unpaired) electrons. The molecule has 0 unspecified atom stereocenters. The highest BCUT2D eigenvalue weighted by molar-refractivity contribution is 9.10. The normalized spacial score (nSPS) is 13.8. The molecule has 0 aliphatic heterocycles. The van der Waals surface area contributed by atoms with Crippen molar-refractivity contribution in [3.8, 4) is 0 Å². The number of fused-ring (bicyclic) bond motifs is 1. The van der Waals surface area contributed by atoms with E-state index in [1.54, 1.807) is 18.2 Å². The summed E-state index contributed by atoms with van der Waals surface area (Å²) < 4.78 is 1.01. The van der Waals surface area contributed by atoms with Crippen LogP contribution in [-0.4, -0.2) is 27.0 Å². The van der Waals surface area contributed by atoms with Crippen molar-refractivity contribution in [1.29, 1.82) is 0 Å². The third-order valence-corrected chi connectivity index (χ3v) is 4.94. The van der Waals surface area contributed by atoms with E-state index in [0.29, 0.717) is 23.0 Å². The van der Waals surface area contributed by atoms with Gasteiger partial charge in [0.05, 0.1) is 5.39 Å². The number of nitrogens with one attached hydrogen (secondary N) is 1. The fraction of sp³-hybridized carbons (Fsp3) is 0.211. The van der Waals surface area contributed by atoms with E-state index in [1.165, 1.54) is 0 Å². The van der Waals surface area contributed by atoms with Crippen LogP contribution in [0.5, 0.6) is 0 Å². The number of hydrogen-bond acceptors (Lipinski definition) is 3. The van der Waals surface area contributed by atoms with E-state index in [0.717, 1.165) is 22.9 Å². The average molecular weight is 398 g/mol. The Hall–Kier alpha value is -2.47. The lowest BCUT2D eigenvalue weighted by atomic mass is 10.1. The predicted octanol–water partition coefficient (Wildman–Crippen LogP) is 3.49. The molecule has 1 aromatic heterocycles. The Morgan fingerprint density at radius 1 is 1.12 bits per heavy atom. The maximum atomic E-state index is 13.2. The molecule has 0 bridgehead atoms. The minimum Gasteiger partial charge on any atom is -0.330 e. The van der Waals surface area contributed by atoms with Crippen LogP contribution in [0.4, 0.5) is 0 Å². The molecule has 1 aliphatic rings. The summed E-state index contributed by atoms with van der Waals surface area (Å²) in [6.07, 6.45) is 2.01. The number of aromatic amines is 1. The van der Waals surface area contributed by atoms with Gasteiger partial charge >= 0.3 is 0 Å². The second-order valence-electron chi connectivity index (χ2n) is 6.24. The number of hydrogen-bond donors (Lipinski definition) is 1. The summed E-state index contributed by atoms with van der Waals surface area (Å²) in [5.41, 5.74) is 1.09. The summed E-state index contributed by atoms with van der Waals surface area (Å²) in [5.74, 6) is -0.141. The first-order valence-corrected chi connectivity index (χ1v) is 8.95. The smallest absolute Gasteiger partial charge is 0.275 e. The Labute approximate surface area is 152 Å². The highest BCUT2D eigenvalue weighted by atomic mass is 79.9. The number of carbonyl (C=O) groups excluding carboxylic acids is 1. The molecule has 0 saturated heterocycles. The van der Waals surface area contributed by atoms with Crippen molar-refractivity contribution in [3.05, 3.63) is 74.6 Å². The number of amides is 1. The Morgan fingerprint density at radius 3 is 2.48 bits per heavy atom. The summed E-state index contributed by atoms with van der Waals surface area (Å²) in [7, 11) is 0. The third-order valence-electron chi connectivity index (χ3n) is 4.41.